The molecule has 0 N–H and O–H groups in total. The van der Waals surface area contributed by atoms with Crippen LogP contribution in [0.3, 0.4) is 0 Å². The second-order valence-electron chi connectivity index (χ2n) is 8.69. The molecule has 2 aliphatic carbocycles. The molecule has 2 saturated heterocycles. The average Bonchev–Trinajstić information content (AvgIpc) is 3.07. The first-order valence-electron chi connectivity index (χ1n) is 9.75. The average molecular weight is 400 g/mol. The molecule has 3 heterocycles. The van der Waals surface area contributed by atoms with E-state index in [-0.39, 0.29) is 29.3 Å². The van der Waals surface area contributed by atoms with Gasteiger partial charge < -0.3 is 4.90 Å². The molecule has 6 heteroatoms. The van der Waals surface area contributed by atoms with E-state index in [9.17, 15) is 10.1 Å². The Labute approximate surface area is 168 Å². The Morgan fingerprint density at radius 1 is 1.41 bits per heavy atom. The van der Waals surface area contributed by atoms with Crippen molar-refractivity contribution in [2.24, 2.45) is 11.3 Å². The molecule has 140 valence electrons. The fraction of sp³-hybridized carbons (Fsp3) is 0.571. The zero-order valence-electron chi connectivity index (χ0n) is 15.3. The van der Waals surface area contributed by atoms with Gasteiger partial charge in [0.15, 0.2) is 0 Å². The molecule has 4 bridgehead atoms. The number of rotatable bonds is 3. The maximum Gasteiger partial charge on any atom is 0.223 e. The van der Waals surface area contributed by atoms with Gasteiger partial charge in [-0.3, -0.25) is 4.79 Å². The van der Waals surface area contributed by atoms with Gasteiger partial charge in [-0.2, -0.15) is 5.26 Å². The predicted octanol–water partition coefficient (Wildman–Crippen LogP) is 5.13. The first-order chi connectivity index (χ1) is 13.0. The van der Waals surface area contributed by atoms with Gasteiger partial charge in [0.1, 0.15) is 5.52 Å². The number of carbonyl (C=O) groups is 1. The van der Waals surface area contributed by atoms with E-state index in [0.717, 1.165) is 47.3 Å². The van der Waals surface area contributed by atoms with Crippen molar-refractivity contribution >= 4 is 39.1 Å². The Kier molecular flexibility index (Phi) is 4.00. The Morgan fingerprint density at radius 2 is 2.15 bits per heavy atom. The Hall–Kier alpha value is -1.64. The van der Waals surface area contributed by atoms with Gasteiger partial charge >= 0.3 is 0 Å². The second kappa shape index (κ2) is 6.18. The SMILES string of the molecule is CC(CC(=O)N1C2CC3CC1CC(C#N)(C3)C2)c1nc2c(Cl)cccc2s1. The molecule has 27 heavy (non-hydrogen) atoms. The highest BCUT2D eigenvalue weighted by Crippen LogP contribution is 2.56. The maximum absolute atomic E-state index is 13.2. The minimum atomic E-state index is -0.164. The molecule has 3 atom stereocenters. The number of benzene rings is 1. The molecular weight excluding hydrogens is 378 g/mol. The summed E-state index contributed by atoms with van der Waals surface area (Å²) in [6, 6.07) is 8.95. The van der Waals surface area contributed by atoms with Crippen LogP contribution in [-0.4, -0.2) is 27.9 Å². The van der Waals surface area contributed by atoms with Gasteiger partial charge in [0.05, 0.1) is 26.2 Å². The van der Waals surface area contributed by atoms with Gasteiger partial charge in [-0.15, -0.1) is 11.3 Å². The monoisotopic (exact) mass is 399 g/mol. The first kappa shape index (κ1) is 17.5. The van der Waals surface area contributed by atoms with Crippen LogP contribution in [0.2, 0.25) is 5.02 Å². The van der Waals surface area contributed by atoms with E-state index >= 15 is 0 Å². The quantitative estimate of drug-likeness (QED) is 0.719. The summed E-state index contributed by atoms with van der Waals surface area (Å²) >= 11 is 7.88. The van der Waals surface area contributed by atoms with Crippen LogP contribution >= 0.6 is 22.9 Å². The van der Waals surface area contributed by atoms with Crippen LogP contribution in [0.1, 0.15) is 56.4 Å². The number of hydrogen-bond donors (Lipinski definition) is 0. The highest BCUT2D eigenvalue weighted by atomic mass is 35.5. The summed E-state index contributed by atoms with van der Waals surface area (Å²) in [5.41, 5.74) is 0.673. The van der Waals surface area contributed by atoms with Crippen molar-refractivity contribution in [1.82, 2.24) is 9.88 Å². The van der Waals surface area contributed by atoms with Crippen LogP contribution in [0.4, 0.5) is 0 Å². The molecule has 4 fully saturated rings. The van der Waals surface area contributed by atoms with Gasteiger partial charge in [-0.05, 0) is 50.2 Å². The molecule has 1 amide bonds. The second-order valence-corrected chi connectivity index (χ2v) is 10.2. The molecule has 4 aliphatic rings. The van der Waals surface area contributed by atoms with E-state index in [0.29, 0.717) is 17.4 Å². The van der Waals surface area contributed by atoms with Crippen molar-refractivity contribution in [2.45, 2.75) is 63.5 Å². The molecule has 2 saturated carbocycles. The molecule has 4 nitrogen and oxygen atoms in total. The molecule has 6 rings (SSSR count). The zero-order chi connectivity index (χ0) is 18.8. The number of hydrogen-bond acceptors (Lipinski definition) is 4. The van der Waals surface area contributed by atoms with Crippen LogP contribution in [0, 0.1) is 22.7 Å². The molecule has 1 aromatic heterocycles. The number of carbonyl (C=O) groups excluding carboxylic acids is 1. The number of amides is 1. The van der Waals surface area contributed by atoms with E-state index in [1.165, 1.54) is 0 Å². The minimum Gasteiger partial charge on any atom is -0.337 e. The summed E-state index contributed by atoms with van der Waals surface area (Å²) in [5, 5.41) is 11.3. The molecule has 2 aliphatic heterocycles. The van der Waals surface area contributed by atoms with Crippen LogP contribution < -0.4 is 0 Å². The number of nitriles is 1. The van der Waals surface area contributed by atoms with E-state index < -0.39 is 0 Å². The van der Waals surface area contributed by atoms with Crippen LogP contribution in [0.25, 0.3) is 10.2 Å². The summed E-state index contributed by atoms with van der Waals surface area (Å²) in [6.45, 7) is 2.08. The number of fused-ring (bicyclic) bond motifs is 1. The lowest BCUT2D eigenvalue weighted by atomic mass is 9.56. The maximum atomic E-state index is 13.2. The first-order valence-corrected chi connectivity index (χ1v) is 10.9. The number of piperidine rings is 2. The number of para-hydroxylation sites is 1. The molecule has 0 spiro atoms. The summed E-state index contributed by atoms with van der Waals surface area (Å²) in [4.78, 5) is 20.0. The van der Waals surface area contributed by atoms with E-state index in [1.54, 1.807) is 11.3 Å². The summed E-state index contributed by atoms with van der Waals surface area (Å²) in [6.07, 6.45) is 5.42. The largest absolute Gasteiger partial charge is 0.337 e. The fourth-order valence-electron chi connectivity index (χ4n) is 5.77. The van der Waals surface area contributed by atoms with Crippen molar-refractivity contribution in [3.05, 3.63) is 28.2 Å². The van der Waals surface area contributed by atoms with E-state index in [2.05, 4.69) is 17.9 Å². The summed E-state index contributed by atoms with van der Waals surface area (Å²) < 4.78 is 1.07. The Balaban J connectivity index is 1.34. The van der Waals surface area contributed by atoms with Crippen LogP contribution in [0.5, 0.6) is 0 Å². The van der Waals surface area contributed by atoms with E-state index in [4.69, 9.17) is 16.6 Å². The third-order valence-corrected chi connectivity index (χ3v) is 8.30. The summed E-state index contributed by atoms with van der Waals surface area (Å²) in [7, 11) is 0. The van der Waals surface area contributed by atoms with Crippen molar-refractivity contribution in [1.29, 1.82) is 5.26 Å². The third-order valence-electron chi connectivity index (χ3n) is 6.74. The fourth-order valence-corrected chi connectivity index (χ4v) is 7.09. The van der Waals surface area contributed by atoms with Crippen molar-refractivity contribution in [2.75, 3.05) is 0 Å². The Morgan fingerprint density at radius 3 is 2.81 bits per heavy atom. The predicted molar refractivity (Wildman–Crippen MR) is 107 cm³/mol. The highest BCUT2D eigenvalue weighted by molar-refractivity contribution is 7.18. The zero-order valence-corrected chi connectivity index (χ0v) is 16.9. The van der Waals surface area contributed by atoms with Gasteiger partial charge in [-0.25, -0.2) is 4.98 Å². The third kappa shape index (κ3) is 2.77. The van der Waals surface area contributed by atoms with Crippen LogP contribution in [-0.2, 0) is 4.79 Å². The molecular formula is C21H22ClN3OS. The lowest BCUT2D eigenvalue weighted by molar-refractivity contribution is -0.153. The normalized spacial score (nSPS) is 32.6. The van der Waals surface area contributed by atoms with Gasteiger partial charge in [0.25, 0.3) is 0 Å². The number of halogens is 1. The lowest BCUT2D eigenvalue weighted by Gasteiger charge is -2.59. The minimum absolute atomic E-state index is 0.0769. The molecule has 2 aromatic rings. The topological polar surface area (TPSA) is 57.0 Å². The van der Waals surface area contributed by atoms with Crippen molar-refractivity contribution in [3.63, 3.8) is 0 Å². The molecule has 0 radical (unpaired) electrons. The number of thiazole rings is 1. The van der Waals surface area contributed by atoms with Gasteiger partial charge in [0.2, 0.25) is 5.91 Å². The Bertz CT molecular complexity index is 948. The smallest absolute Gasteiger partial charge is 0.223 e. The standard InChI is InChI=1S/C21H22ClN3OS/c1-12(20-24-19-16(22)3-2-4-17(19)27-20)5-18(26)25-14-6-13-7-15(25)10-21(8-13,9-14)11-23/h2-4,12-15H,5-10H2,1H3. The van der Waals surface area contributed by atoms with Gasteiger partial charge in [-0.1, -0.05) is 24.6 Å². The lowest BCUT2D eigenvalue weighted by Crippen LogP contribution is -2.63. The summed E-state index contributed by atoms with van der Waals surface area (Å²) in [5.74, 6) is 0.942. The van der Waals surface area contributed by atoms with Crippen molar-refractivity contribution in [3.8, 4) is 6.07 Å². The molecule has 1 aromatic carbocycles. The van der Waals surface area contributed by atoms with Crippen molar-refractivity contribution < 1.29 is 4.79 Å². The van der Waals surface area contributed by atoms with Crippen LogP contribution in [0.15, 0.2) is 18.2 Å². The van der Waals surface area contributed by atoms with E-state index in [1.807, 2.05) is 18.2 Å². The van der Waals surface area contributed by atoms with Gasteiger partial charge in [0, 0.05) is 24.4 Å². The number of aromatic nitrogens is 1. The highest BCUT2D eigenvalue weighted by Gasteiger charge is 2.55. The molecule has 3 unspecified atom stereocenters. The number of nitrogens with zero attached hydrogens (tertiary/aromatic N) is 3.